The summed E-state index contributed by atoms with van der Waals surface area (Å²) in [5.74, 6) is 0.435. The zero-order chi connectivity index (χ0) is 12.4. The van der Waals surface area contributed by atoms with Gasteiger partial charge in [-0.1, -0.05) is 6.92 Å². The second kappa shape index (κ2) is 4.71. The van der Waals surface area contributed by atoms with E-state index in [2.05, 4.69) is 4.98 Å². The molecular formula is C12H13NO3S. The Hall–Kier alpha value is -1.62. The molecule has 0 amide bonds. The van der Waals surface area contributed by atoms with Gasteiger partial charge in [-0.3, -0.25) is 0 Å². The Bertz CT molecular complexity index is 562. The molecule has 0 aliphatic heterocycles. The average Bonchev–Trinajstić information content (AvgIpc) is 2.75. The van der Waals surface area contributed by atoms with E-state index < -0.39 is 0 Å². The molecule has 0 bridgehead atoms. The Morgan fingerprint density at radius 3 is 2.82 bits per heavy atom. The molecule has 4 nitrogen and oxygen atoms in total. The lowest BCUT2D eigenvalue weighted by Crippen LogP contribution is -2.01. The van der Waals surface area contributed by atoms with Crippen molar-refractivity contribution in [2.24, 2.45) is 0 Å². The predicted molar refractivity (Wildman–Crippen MR) is 66.9 cm³/mol. The molecule has 17 heavy (non-hydrogen) atoms. The molecular weight excluding hydrogens is 238 g/mol. The van der Waals surface area contributed by atoms with Gasteiger partial charge in [0.1, 0.15) is 15.5 Å². The topological polar surface area (TPSA) is 48.4 Å². The Balaban J connectivity index is 2.76. The number of rotatable bonds is 3. The van der Waals surface area contributed by atoms with Gasteiger partial charge in [-0.05, 0) is 18.1 Å². The highest BCUT2D eigenvalue weighted by molar-refractivity contribution is 7.20. The molecule has 2 rings (SSSR count). The van der Waals surface area contributed by atoms with Crippen molar-refractivity contribution in [3.8, 4) is 5.75 Å². The van der Waals surface area contributed by atoms with Crippen LogP contribution in [0, 0.1) is 0 Å². The molecule has 0 atom stereocenters. The first-order chi connectivity index (χ1) is 8.22. The van der Waals surface area contributed by atoms with Crippen molar-refractivity contribution in [2.45, 2.75) is 13.3 Å². The minimum Gasteiger partial charge on any atom is -0.496 e. The van der Waals surface area contributed by atoms with Crippen molar-refractivity contribution in [3.05, 3.63) is 22.7 Å². The molecule has 5 heteroatoms. The van der Waals surface area contributed by atoms with Gasteiger partial charge in [0, 0.05) is 6.20 Å². The standard InChI is InChI=1S/C12H13NO3S/c1-4-7-9-8(15-2)5-6-13-11(9)17-10(7)12(14)16-3/h5-6H,4H2,1-3H3. The van der Waals surface area contributed by atoms with Crippen LogP contribution < -0.4 is 4.74 Å². The van der Waals surface area contributed by atoms with Crippen LogP contribution >= 0.6 is 11.3 Å². The minimum atomic E-state index is -0.313. The minimum absolute atomic E-state index is 0.313. The Morgan fingerprint density at radius 1 is 1.47 bits per heavy atom. The molecule has 2 aromatic heterocycles. The third kappa shape index (κ3) is 1.86. The number of nitrogens with zero attached hydrogens (tertiary/aromatic N) is 1. The summed E-state index contributed by atoms with van der Waals surface area (Å²) in [6.07, 6.45) is 2.42. The second-order valence-corrected chi connectivity index (χ2v) is 4.45. The van der Waals surface area contributed by atoms with Gasteiger partial charge in [0.25, 0.3) is 0 Å². The fourth-order valence-corrected chi connectivity index (χ4v) is 2.99. The van der Waals surface area contributed by atoms with Gasteiger partial charge in [-0.25, -0.2) is 9.78 Å². The summed E-state index contributed by atoms with van der Waals surface area (Å²) in [6, 6.07) is 1.80. The normalized spacial score (nSPS) is 10.5. The Morgan fingerprint density at radius 2 is 2.24 bits per heavy atom. The monoisotopic (exact) mass is 251 g/mol. The first kappa shape index (κ1) is 11.9. The van der Waals surface area contributed by atoms with E-state index in [-0.39, 0.29) is 5.97 Å². The van der Waals surface area contributed by atoms with Crippen LogP contribution in [0.15, 0.2) is 12.3 Å². The summed E-state index contributed by atoms with van der Waals surface area (Å²) in [6.45, 7) is 2.00. The highest BCUT2D eigenvalue weighted by atomic mass is 32.1. The van der Waals surface area contributed by atoms with Crippen LogP contribution in [0.4, 0.5) is 0 Å². The van der Waals surface area contributed by atoms with E-state index in [0.29, 0.717) is 4.88 Å². The number of ether oxygens (including phenoxy) is 2. The molecule has 0 aliphatic carbocycles. The lowest BCUT2D eigenvalue weighted by atomic mass is 10.1. The molecule has 0 unspecified atom stereocenters. The van der Waals surface area contributed by atoms with Gasteiger partial charge in [0.05, 0.1) is 19.6 Å². The van der Waals surface area contributed by atoms with E-state index in [1.807, 2.05) is 6.92 Å². The number of carbonyl (C=O) groups excluding carboxylic acids is 1. The third-order valence-corrected chi connectivity index (χ3v) is 3.72. The van der Waals surface area contributed by atoms with Crippen LogP contribution in [0.5, 0.6) is 5.75 Å². The third-order valence-electron chi connectivity index (χ3n) is 2.60. The Labute approximate surface area is 103 Å². The highest BCUT2D eigenvalue weighted by Crippen LogP contribution is 2.36. The van der Waals surface area contributed by atoms with Crippen LogP contribution in [0.2, 0.25) is 0 Å². The lowest BCUT2D eigenvalue weighted by molar-refractivity contribution is 0.0605. The van der Waals surface area contributed by atoms with Crippen LogP contribution in [-0.4, -0.2) is 25.2 Å². The smallest absolute Gasteiger partial charge is 0.348 e. The number of esters is 1. The Kier molecular flexibility index (Phi) is 3.28. The molecule has 2 aromatic rings. The van der Waals surface area contributed by atoms with Crippen molar-refractivity contribution in [2.75, 3.05) is 14.2 Å². The van der Waals surface area contributed by atoms with E-state index in [4.69, 9.17) is 9.47 Å². The summed E-state index contributed by atoms with van der Waals surface area (Å²) >= 11 is 1.35. The number of methoxy groups -OCH3 is 2. The summed E-state index contributed by atoms with van der Waals surface area (Å²) in [4.78, 5) is 17.4. The molecule has 0 saturated carbocycles. The van der Waals surface area contributed by atoms with Crippen molar-refractivity contribution in [1.29, 1.82) is 0 Å². The molecule has 90 valence electrons. The number of pyridine rings is 1. The van der Waals surface area contributed by atoms with E-state index in [1.165, 1.54) is 18.4 Å². The van der Waals surface area contributed by atoms with Gasteiger partial charge < -0.3 is 9.47 Å². The molecule has 0 aromatic carbocycles. The maximum Gasteiger partial charge on any atom is 0.348 e. The first-order valence-electron chi connectivity index (χ1n) is 5.25. The van der Waals surface area contributed by atoms with E-state index >= 15 is 0 Å². The van der Waals surface area contributed by atoms with Gasteiger partial charge in [-0.15, -0.1) is 11.3 Å². The number of aromatic nitrogens is 1. The molecule has 0 aliphatic rings. The number of aryl methyl sites for hydroxylation is 1. The highest BCUT2D eigenvalue weighted by Gasteiger charge is 2.20. The van der Waals surface area contributed by atoms with E-state index in [1.54, 1.807) is 19.4 Å². The fourth-order valence-electron chi connectivity index (χ4n) is 1.82. The average molecular weight is 251 g/mol. The summed E-state index contributed by atoms with van der Waals surface area (Å²) < 4.78 is 10.1. The van der Waals surface area contributed by atoms with Gasteiger partial charge >= 0.3 is 5.97 Å². The molecule has 2 heterocycles. The van der Waals surface area contributed by atoms with Gasteiger partial charge in [0.2, 0.25) is 0 Å². The van der Waals surface area contributed by atoms with Crippen molar-refractivity contribution < 1.29 is 14.3 Å². The first-order valence-corrected chi connectivity index (χ1v) is 6.07. The van der Waals surface area contributed by atoms with Crippen LogP contribution in [0.3, 0.4) is 0 Å². The quantitative estimate of drug-likeness (QED) is 0.787. The number of hydrogen-bond acceptors (Lipinski definition) is 5. The van der Waals surface area contributed by atoms with Crippen molar-refractivity contribution in [1.82, 2.24) is 4.98 Å². The van der Waals surface area contributed by atoms with Gasteiger partial charge in [0.15, 0.2) is 0 Å². The van der Waals surface area contributed by atoms with Crippen LogP contribution in [-0.2, 0) is 11.2 Å². The summed E-state index contributed by atoms with van der Waals surface area (Å²) in [5, 5.41) is 0.919. The molecule has 0 N–H and O–H groups in total. The van der Waals surface area contributed by atoms with Crippen LogP contribution in [0.25, 0.3) is 10.2 Å². The molecule has 0 fully saturated rings. The number of hydrogen-bond donors (Lipinski definition) is 0. The number of fused-ring (bicyclic) bond motifs is 1. The maximum atomic E-state index is 11.7. The predicted octanol–water partition coefficient (Wildman–Crippen LogP) is 2.65. The lowest BCUT2D eigenvalue weighted by Gasteiger charge is -2.03. The largest absolute Gasteiger partial charge is 0.496 e. The second-order valence-electron chi connectivity index (χ2n) is 3.45. The number of thiophene rings is 1. The summed E-state index contributed by atoms with van der Waals surface area (Å²) in [7, 11) is 3.00. The zero-order valence-corrected chi connectivity index (χ0v) is 10.8. The fraction of sp³-hybridized carbons (Fsp3) is 0.333. The van der Waals surface area contributed by atoms with Crippen molar-refractivity contribution >= 4 is 27.5 Å². The van der Waals surface area contributed by atoms with Crippen LogP contribution in [0.1, 0.15) is 22.2 Å². The van der Waals surface area contributed by atoms with Crippen molar-refractivity contribution in [3.63, 3.8) is 0 Å². The summed E-state index contributed by atoms with van der Waals surface area (Å²) in [5.41, 5.74) is 0.946. The SMILES string of the molecule is CCc1c(C(=O)OC)sc2nccc(OC)c12. The van der Waals surface area contributed by atoms with Gasteiger partial charge in [-0.2, -0.15) is 0 Å². The van der Waals surface area contributed by atoms with E-state index in [0.717, 1.165) is 28.0 Å². The molecule has 0 radical (unpaired) electrons. The van der Waals surface area contributed by atoms with E-state index in [9.17, 15) is 4.79 Å². The molecule has 0 saturated heterocycles. The maximum absolute atomic E-state index is 11.7. The molecule has 0 spiro atoms. The zero-order valence-electron chi connectivity index (χ0n) is 9.94. The number of carbonyl (C=O) groups is 1.